The Balaban J connectivity index is 2.10. The van der Waals surface area contributed by atoms with Crippen LogP contribution >= 0.6 is 15.9 Å². The summed E-state index contributed by atoms with van der Waals surface area (Å²) < 4.78 is 10.4. The standard InChI is InChI=1S/C13H20BrN3O2/c1-9(14)10-4-6-17(7-5-10)13-15-11(18-2)8-12(16-13)19-3/h8-10H,4-7H2,1-3H3. The van der Waals surface area contributed by atoms with Gasteiger partial charge < -0.3 is 14.4 Å². The molecule has 19 heavy (non-hydrogen) atoms. The fourth-order valence-electron chi connectivity index (χ4n) is 2.30. The number of hydrogen-bond donors (Lipinski definition) is 0. The number of halogens is 1. The van der Waals surface area contributed by atoms with Gasteiger partial charge in [-0.25, -0.2) is 0 Å². The molecule has 1 fully saturated rings. The van der Waals surface area contributed by atoms with Crippen LogP contribution in [0.3, 0.4) is 0 Å². The molecule has 0 spiro atoms. The van der Waals surface area contributed by atoms with Crippen molar-refractivity contribution in [3.05, 3.63) is 6.07 Å². The summed E-state index contributed by atoms with van der Waals surface area (Å²) in [5.74, 6) is 2.50. The molecular weight excluding hydrogens is 310 g/mol. The molecule has 1 aromatic rings. The second-order valence-corrected chi connectivity index (χ2v) is 6.20. The maximum absolute atomic E-state index is 5.18. The Morgan fingerprint density at radius 1 is 1.21 bits per heavy atom. The molecule has 0 aliphatic carbocycles. The number of hydrogen-bond acceptors (Lipinski definition) is 5. The number of aromatic nitrogens is 2. The molecule has 6 heteroatoms. The van der Waals surface area contributed by atoms with Gasteiger partial charge in [0.15, 0.2) is 0 Å². The molecule has 0 N–H and O–H groups in total. The summed E-state index contributed by atoms with van der Waals surface area (Å²) >= 11 is 3.67. The molecule has 1 atom stereocenters. The topological polar surface area (TPSA) is 47.5 Å². The summed E-state index contributed by atoms with van der Waals surface area (Å²) in [6, 6.07) is 1.69. The normalized spacial score (nSPS) is 18.2. The van der Waals surface area contributed by atoms with Crippen LogP contribution in [0.5, 0.6) is 11.8 Å². The SMILES string of the molecule is COc1cc(OC)nc(N2CCC(C(C)Br)CC2)n1. The van der Waals surface area contributed by atoms with Gasteiger partial charge in [0.1, 0.15) is 0 Å². The van der Waals surface area contributed by atoms with Crippen LogP contribution < -0.4 is 14.4 Å². The molecule has 0 bridgehead atoms. The third kappa shape index (κ3) is 3.49. The Labute approximate surface area is 122 Å². The summed E-state index contributed by atoms with van der Waals surface area (Å²) in [6.45, 7) is 4.15. The lowest BCUT2D eigenvalue weighted by Crippen LogP contribution is -2.36. The number of alkyl halides is 1. The van der Waals surface area contributed by atoms with Crippen LogP contribution in [0.25, 0.3) is 0 Å². The van der Waals surface area contributed by atoms with Crippen molar-refractivity contribution in [2.75, 3.05) is 32.2 Å². The van der Waals surface area contributed by atoms with Gasteiger partial charge >= 0.3 is 0 Å². The third-order valence-corrected chi connectivity index (χ3v) is 4.31. The molecule has 0 saturated carbocycles. The number of methoxy groups -OCH3 is 2. The molecule has 0 amide bonds. The Kier molecular flexibility index (Phi) is 4.85. The molecule has 1 unspecified atom stereocenters. The van der Waals surface area contributed by atoms with E-state index in [1.165, 1.54) is 0 Å². The highest BCUT2D eigenvalue weighted by molar-refractivity contribution is 9.09. The Morgan fingerprint density at radius 3 is 2.16 bits per heavy atom. The predicted octanol–water partition coefficient (Wildman–Crippen LogP) is 2.49. The van der Waals surface area contributed by atoms with E-state index in [2.05, 4.69) is 37.7 Å². The number of anilines is 1. The molecule has 0 radical (unpaired) electrons. The van der Waals surface area contributed by atoms with Crippen molar-refractivity contribution in [2.24, 2.45) is 5.92 Å². The van der Waals surface area contributed by atoms with Gasteiger partial charge in [-0.2, -0.15) is 9.97 Å². The zero-order valence-electron chi connectivity index (χ0n) is 11.6. The van der Waals surface area contributed by atoms with Gasteiger partial charge in [0.2, 0.25) is 17.7 Å². The monoisotopic (exact) mass is 329 g/mol. The fourth-order valence-corrected chi connectivity index (χ4v) is 2.83. The minimum Gasteiger partial charge on any atom is -0.481 e. The second kappa shape index (κ2) is 6.41. The molecule has 5 nitrogen and oxygen atoms in total. The summed E-state index contributed by atoms with van der Waals surface area (Å²) in [5, 5.41) is 0. The second-order valence-electron chi connectivity index (χ2n) is 4.75. The third-order valence-electron chi connectivity index (χ3n) is 3.56. The van der Waals surface area contributed by atoms with Gasteiger partial charge in [-0.3, -0.25) is 0 Å². The van der Waals surface area contributed by atoms with Crippen molar-refractivity contribution in [1.82, 2.24) is 9.97 Å². The minimum absolute atomic E-state index is 0.540. The first-order valence-corrected chi connectivity index (χ1v) is 7.41. The van der Waals surface area contributed by atoms with Crippen LogP contribution in [0.15, 0.2) is 6.07 Å². The molecule has 1 aromatic heterocycles. The number of rotatable bonds is 4. The van der Waals surface area contributed by atoms with Crippen LogP contribution in [0.1, 0.15) is 19.8 Å². The highest BCUT2D eigenvalue weighted by atomic mass is 79.9. The van der Waals surface area contributed by atoms with E-state index >= 15 is 0 Å². The van der Waals surface area contributed by atoms with Crippen LogP contribution in [0.4, 0.5) is 5.95 Å². The van der Waals surface area contributed by atoms with Gasteiger partial charge in [-0.1, -0.05) is 22.9 Å². The summed E-state index contributed by atoms with van der Waals surface area (Å²) in [6.07, 6.45) is 2.30. The van der Waals surface area contributed by atoms with Crippen molar-refractivity contribution in [3.8, 4) is 11.8 Å². The Hall–Kier alpha value is -1.04. The van der Waals surface area contributed by atoms with E-state index in [1.807, 2.05) is 0 Å². The van der Waals surface area contributed by atoms with Crippen molar-refractivity contribution < 1.29 is 9.47 Å². The maximum atomic E-state index is 5.18. The lowest BCUT2D eigenvalue weighted by Gasteiger charge is -2.33. The first-order valence-electron chi connectivity index (χ1n) is 6.50. The van der Waals surface area contributed by atoms with Crippen LogP contribution in [-0.4, -0.2) is 42.1 Å². The molecule has 2 rings (SSSR count). The lowest BCUT2D eigenvalue weighted by molar-refractivity contribution is 0.366. The molecule has 0 aromatic carbocycles. The zero-order chi connectivity index (χ0) is 13.8. The Morgan fingerprint density at radius 2 is 1.74 bits per heavy atom. The van der Waals surface area contributed by atoms with Crippen molar-refractivity contribution in [2.45, 2.75) is 24.6 Å². The fraction of sp³-hybridized carbons (Fsp3) is 0.692. The maximum Gasteiger partial charge on any atom is 0.231 e. The average molecular weight is 330 g/mol. The van der Waals surface area contributed by atoms with E-state index < -0.39 is 0 Å². The quantitative estimate of drug-likeness (QED) is 0.794. The van der Waals surface area contributed by atoms with Crippen molar-refractivity contribution in [1.29, 1.82) is 0 Å². The van der Waals surface area contributed by atoms with Gasteiger partial charge in [0.05, 0.1) is 20.3 Å². The summed E-state index contributed by atoms with van der Waals surface area (Å²) in [5.41, 5.74) is 0. The lowest BCUT2D eigenvalue weighted by atomic mass is 9.94. The van der Waals surface area contributed by atoms with E-state index in [-0.39, 0.29) is 0 Å². The summed E-state index contributed by atoms with van der Waals surface area (Å²) in [7, 11) is 3.20. The zero-order valence-corrected chi connectivity index (χ0v) is 13.2. The minimum atomic E-state index is 0.540. The molecule has 106 valence electrons. The number of piperidine rings is 1. The molecule has 1 saturated heterocycles. The average Bonchev–Trinajstić information content (AvgIpc) is 2.46. The number of ether oxygens (including phenoxy) is 2. The van der Waals surface area contributed by atoms with E-state index in [0.717, 1.165) is 31.8 Å². The van der Waals surface area contributed by atoms with Gasteiger partial charge in [0, 0.05) is 17.9 Å². The van der Waals surface area contributed by atoms with E-state index in [9.17, 15) is 0 Å². The smallest absolute Gasteiger partial charge is 0.231 e. The van der Waals surface area contributed by atoms with E-state index in [0.29, 0.717) is 22.5 Å². The van der Waals surface area contributed by atoms with E-state index in [4.69, 9.17) is 9.47 Å². The first kappa shape index (κ1) is 14.4. The molecule has 1 aliphatic rings. The van der Waals surface area contributed by atoms with Crippen LogP contribution in [0.2, 0.25) is 0 Å². The van der Waals surface area contributed by atoms with Gasteiger partial charge in [-0.15, -0.1) is 0 Å². The van der Waals surface area contributed by atoms with Crippen molar-refractivity contribution in [3.63, 3.8) is 0 Å². The van der Waals surface area contributed by atoms with E-state index in [1.54, 1.807) is 20.3 Å². The number of nitrogens with zero attached hydrogens (tertiary/aromatic N) is 3. The molecule has 1 aliphatic heterocycles. The van der Waals surface area contributed by atoms with Crippen LogP contribution in [-0.2, 0) is 0 Å². The molecule has 2 heterocycles. The predicted molar refractivity (Wildman–Crippen MR) is 78.5 cm³/mol. The van der Waals surface area contributed by atoms with Gasteiger partial charge in [0.25, 0.3) is 0 Å². The highest BCUT2D eigenvalue weighted by Gasteiger charge is 2.24. The van der Waals surface area contributed by atoms with Crippen LogP contribution in [0, 0.1) is 5.92 Å². The highest BCUT2D eigenvalue weighted by Crippen LogP contribution is 2.28. The largest absolute Gasteiger partial charge is 0.481 e. The van der Waals surface area contributed by atoms with Gasteiger partial charge in [-0.05, 0) is 18.8 Å². The van der Waals surface area contributed by atoms with Crippen molar-refractivity contribution >= 4 is 21.9 Å². The molecular formula is C13H20BrN3O2. The first-order chi connectivity index (χ1) is 9.13. The Bertz CT molecular complexity index is 398. The summed E-state index contributed by atoms with van der Waals surface area (Å²) in [4.78, 5) is 11.5.